The maximum Gasteiger partial charge on any atom is 0.265 e. The Morgan fingerprint density at radius 3 is 2.67 bits per heavy atom. The van der Waals surface area contributed by atoms with Gasteiger partial charge in [-0.2, -0.15) is 0 Å². The Labute approximate surface area is 178 Å². The summed E-state index contributed by atoms with van der Waals surface area (Å²) in [6, 6.07) is 10.6. The second-order valence-electron chi connectivity index (χ2n) is 6.36. The number of benzene rings is 2. The monoisotopic (exact) mass is 447 g/mol. The zero-order chi connectivity index (χ0) is 21.9. The number of hydrogen-bond donors (Lipinski definition) is 3. The normalized spacial score (nSPS) is 11.2. The third-order valence-electron chi connectivity index (χ3n) is 4.18. The lowest BCUT2D eigenvalue weighted by molar-refractivity contribution is -0.115. The molecule has 2 aromatic carbocycles. The number of methoxy groups -OCH3 is 1. The summed E-state index contributed by atoms with van der Waals surface area (Å²) in [4.78, 5) is 16.7. The first kappa shape index (κ1) is 21.6. The number of thiazole rings is 1. The fourth-order valence-corrected chi connectivity index (χ4v) is 4.96. The first-order valence-corrected chi connectivity index (χ1v) is 11.3. The summed E-state index contributed by atoms with van der Waals surface area (Å²) in [5.74, 6) is -0.0328. The largest absolute Gasteiger partial charge is 0.508 e. The molecule has 3 aromatic rings. The molecule has 0 saturated heterocycles. The predicted molar refractivity (Wildman–Crippen MR) is 117 cm³/mol. The Bertz CT molecular complexity index is 1190. The van der Waals surface area contributed by atoms with Gasteiger partial charge in [0.15, 0.2) is 5.13 Å². The van der Waals surface area contributed by atoms with Crippen LogP contribution in [0, 0.1) is 6.92 Å². The molecule has 0 spiro atoms. The van der Waals surface area contributed by atoms with Gasteiger partial charge in [-0.15, -0.1) is 0 Å². The molecular weight excluding hydrogens is 426 g/mol. The minimum Gasteiger partial charge on any atom is -0.508 e. The second kappa shape index (κ2) is 8.72. The van der Waals surface area contributed by atoms with Crippen molar-refractivity contribution in [2.24, 2.45) is 0 Å². The molecule has 158 valence electrons. The number of hydrogen-bond acceptors (Lipinski definition) is 7. The van der Waals surface area contributed by atoms with Crippen molar-refractivity contribution in [2.45, 2.75) is 25.2 Å². The fourth-order valence-electron chi connectivity index (χ4n) is 2.73. The van der Waals surface area contributed by atoms with Crippen LogP contribution in [0.25, 0.3) is 10.4 Å². The van der Waals surface area contributed by atoms with Gasteiger partial charge >= 0.3 is 0 Å². The molecule has 10 heteroatoms. The van der Waals surface area contributed by atoms with E-state index in [4.69, 9.17) is 4.74 Å². The maximum atomic E-state index is 13.0. The predicted octanol–water partition coefficient (Wildman–Crippen LogP) is 3.98. The van der Waals surface area contributed by atoms with Crippen LogP contribution in [0.5, 0.6) is 11.5 Å². The van der Waals surface area contributed by atoms with Gasteiger partial charge in [0.2, 0.25) is 5.91 Å². The van der Waals surface area contributed by atoms with E-state index < -0.39 is 10.0 Å². The van der Waals surface area contributed by atoms with Gasteiger partial charge in [-0.05, 0) is 42.8 Å². The standard InChI is InChI=1S/C20H21N3O5S2/c1-4-18(25)22-20-21-12(2)19(29-20)13-8-9-16(28-3)17(10-13)30(26,27)23-14-6-5-7-15(24)11-14/h5-11,23-24H,4H2,1-3H3,(H,21,22,25). The van der Waals surface area contributed by atoms with Gasteiger partial charge in [0.05, 0.1) is 23.4 Å². The molecule has 0 unspecified atom stereocenters. The fraction of sp³-hybridized carbons (Fsp3) is 0.200. The molecular formula is C20H21N3O5S2. The molecule has 0 bridgehead atoms. The summed E-state index contributed by atoms with van der Waals surface area (Å²) >= 11 is 1.26. The van der Waals surface area contributed by atoms with Crippen molar-refractivity contribution in [3.05, 3.63) is 48.2 Å². The van der Waals surface area contributed by atoms with Crippen LogP contribution >= 0.6 is 11.3 Å². The van der Waals surface area contributed by atoms with E-state index in [-0.39, 0.29) is 28.0 Å². The lowest BCUT2D eigenvalue weighted by Crippen LogP contribution is -2.14. The van der Waals surface area contributed by atoms with E-state index in [0.29, 0.717) is 22.8 Å². The van der Waals surface area contributed by atoms with Crippen molar-refractivity contribution in [1.82, 2.24) is 4.98 Å². The van der Waals surface area contributed by atoms with E-state index >= 15 is 0 Å². The van der Waals surface area contributed by atoms with Gasteiger partial charge in [-0.3, -0.25) is 9.52 Å². The number of aryl methyl sites for hydroxylation is 1. The first-order chi connectivity index (χ1) is 14.2. The number of anilines is 2. The summed E-state index contributed by atoms with van der Waals surface area (Å²) in [5.41, 5.74) is 1.51. The van der Waals surface area contributed by atoms with Crippen LogP contribution in [0.4, 0.5) is 10.8 Å². The van der Waals surface area contributed by atoms with Crippen molar-refractivity contribution >= 4 is 38.1 Å². The topological polar surface area (TPSA) is 118 Å². The Hall–Kier alpha value is -3.11. The third kappa shape index (κ3) is 4.71. The number of aromatic hydroxyl groups is 1. The number of sulfonamides is 1. The SMILES string of the molecule is CCC(=O)Nc1nc(C)c(-c2ccc(OC)c(S(=O)(=O)Nc3cccc(O)c3)c2)s1. The van der Waals surface area contributed by atoms with E-state index in [1.54, 1.807) is 26.0 Å². The molecule has 1 heterocycles. The van der Waals surface area contributed by atoms with Crippen LogP contribution in [0.1, 0.15) is 19.0 Å². The highest BCUT2D eigenvalue weighted by atomic mass is 32.2. The lowest BCUT2D eigenvalue weighted by atomic mass is 10.1. The number of carbonyl (C=O) groups is 1. The number of rotatable bonds is 7. The highest BCUT2D eigenvalue weighted by Crippen LogP contribution is 2.37. The zero-order valence-corrected chi connectivity index (χ0v) is 18.2. The van der Waals surface area contributed by atoms with Crippen LogP contribution in [0.15, 0.2) is 47.4 Å². The quantitative estimate of drug-likeness (QED) is 0.504. The lowest BCUT2D eigenvalue weighted by Gasteiger charge is -2.13. The van der Waals surface area contributed by atoms with Crippen molar-refractivity contribution < 1.29 is 23.1 Å². The molecule has 3 rings (SSSR count). The summed E-state index contributed by atoms with van der Waals surface area (Å²) in [6.45, 7) is 3.54. The van der Waals surface area contributed by atoms with Gasteiger partial charge in [0, 0.05) is 12.5 Å². The number of phenolic OH excluding ortho intramolecular Hbond substituents is 1. The minimum atomic E-state index is -4.00. The summed E-state index contributed by atoms with van der Waals surface area (Å²) in [5, 5.41) is 12.8. The smallest absolute Gasteiger partial charge is 0.265 e. The highest BCUT2D eigenvalue weighted by Gasteiger charge is 2.22. The Morgan fingerprint density at radius 2 is 2.00 bits per heavy atom. The first-order valence-electron chi connectivity index (χ1n) is 9.01. The van der Waals surface area contributed by atoms with E-state index in [9.17, 15) is 18.3 Å². The highest BCUT2D eigenvalue weighted by molar-refractivity contribution is 7.92. The Balaban J connectivity index is 2.01. The van der Waals surface area contributed by atoms with E-state index in [0.717, 1.165) is 4.88 Å². The van der Waals surface area contributed by atoms with E-state index in [1.165, 1.54) is 48.8 Å². The third-order valence-corrected chi connectivity index (χ3v) is 6.70. The number of nitrogens with one attached hydrogen (secondary N) is 2. The average molecular weight is 448 g/mol. The van der Waals surface area contributed by atoms with Crippen LogP contribution in [-0.2, 0) is 14.8 Å². The van der Waals surface area contributed by atoms with Crippen LogP contribution in [-0.4, -0.2) is 31.5 Å². The molecule has 1 aromatic heterocycles. The van der Waals surface area contributed by atoms with Gasteiger partial charge in [-0.25, -0.2) is 13.4 Å². The van der Waals surface area contributed by atoms with Gasteiger partial charge in [-0.1, -0.05) is 24.3 Å². The molecule has 0 fully saturated rings. The van der Waals surface area contributed by atoms with Crippen LogP contribution in [0.3, 0.4) is 0 Å². The van der Waals surface area contributed by atoms with Crippen molar-refractivity contribution in [3.63, 3.8) is 0 Å². The summed E-state index contributed by atoms with van der Waals surface area (Å²) in [6.07, 6.45) is 0.333. The number of nitrogens with zero attached hydrogens (tertiary/aromatic N) is 1. The average Bonchev–Trinajstić information content (AvgIpc) is 3.07. The van der Waals surface area contributed by atoms with Crippen molar-refractivity contribution in [2.75, 3.05) is 17.1 Å². The van der Waals surface area contributed by atoms with Gasteiger partial charge in [0.1, 0.15) is 16.4 Å². The summed E-state index contributed by atoms with van der Waals surface area (Å²) < 4.78 is 33.7. The molecule has 0 radical (unpaired) electrons. The number of amides is 1. The number of ether oxygens (including phenoxy) is 1. The Morgan fingerprint density at radius 1 is 1.23 bits per heavy atom. The summed E-state index contributed by atoms with van der Waals surface area (Å²) in [7, 11) is -2.62. The molecule has 30 heavy (non-hydrogen) atoms. The number of phenols is 1. The molecule has 0 atom stereocenters. The van der Waals surface area contributed by atoms with E-state index in [2.05, 4.69) is 15.0 Å². The minimum absolute atomic E-state index is 0.0575. The van der Waals surface area contributed by atoms with Crippen molar-refractivity contribution in [3.8, 4) is 21.9 Å². The molecule has 1 amide bonds. The van der Waals surface area contributed by atoms with E-state index in [1.807, 2.05) is 0 Å². The molecule has 0 aliphatic heterocycles. The van der Waals surface area contributed by atoms with Gasteiger partial charge < -0.3 is 15.2 Å². The molecule has 0 saturated carbocycles. The number of aromatic nitrogens is 1. The second-order valence-corrected chi connectivity index (χ2v) is 9.01. The molecule has 3 N–H and O–H groups in total. The van der Waals surface area contributed by atoms with Crippen LogP contribution in [0.2, 0.25) is 0 Å². The van der Waals surface area contributed by atoms with Crippen LogP contribution < -0.4 is 14.8 Å². The maximum absolute atomic E-state index is 13.0. The number of carbonyl (C=O) groups excluding carboxylic acids is 1. The Kier molecular flexibility index (Phi) is 6.28. The molecule has 0 aliphatic carbocycles. The molecule has 8 nitrogen and oxygen atoms in total. The van der Waals surface area contributed by atoms with Crippen molar-refractivity contribution in [1.29, 1.82) is 0 Å². The zero-order valence-electron chi connectivity index (χ0n) is 16.6. The van der Waals surface area contributed by atoms with Gasteiger partial charge in [0.25, 0.3) is 10.0 Å². The molecule has 0 aliphatic rings.